The Morgan fingerprint density at radius 3 is 2.22 bits per heavy atom. The SMILES string of the molecule is CCCC1C2CCC3C(C)(CCC4C(C)(C)C(c5ccc(C(=O)O)cc5)=CCC43C)C2CCC1(C)C. The molecule has 0 amide bonds. The first-order chi connectivity index (χ1) is 16.9. The average molecular weight is 491 g/mol. The molecule has 1 aromatic rings. The summed E-state index contributed by atoms with van der Waals surface area (Å²) in [5.41, 5.74) is 4.43. The Morgan fingerprint density at radius 2 is 1.58 bits per heavy atom. The largest absolute Gasteiger partial charge is 0.478 e. The quantitative estimate of drug-likeness (QED) is 0.456. The van der Waals surface area contributed by atoms with E-state index in [1.807, 2.05) is 12.1 Å². The first kappa shape index (κ1) is 26.1. The van der Waals surface area contributed by atoms with Crippen molar-refractivity contribution in [3.8, 4) is 0 Å². The molecular weight excluding hydrogens is 440 g/mol. The highest BCUT2D eigenvalue weighted by Gasteiger charge is 2.64. The van der Waals surface area contributed by atoms with Crippen molar-refractivity contribution in [3.05, 3.63) is 41.5 Å². The number of allylic oxidation sites excluding steroid dienone is 2. The number of carbonyl (C=O) groups is 1. The number of rotatable bonds is 4. The van der Waals surface area contributed by atoms with Crippen molar-refractivity contribution in [1.29, 1.82) is 0 Å². The van der Waals surface area contributed by atoms with Gasteiger partial charge in [0.05, 0.1) is 5.56 Å². The summed E-state index contributed by atoms with van der Waals surface area (Å²) in [6, 6.07) is 7.63. The predicted molar refractivity (Wildman–Crippen MR) is 150 cm³/mol. The zero-order valence-corrected chi connectivity index (χ0v) is 24.0. The standard InChI is InChI=1S/C34H50O2/c1-8-9-26-24-14-15-29-33(6,27(24)16-19-31(26,2)3)21-18-28-32(4,5)25(17-20-34(28,29)7)22-10-12-23(13-11-22)30(35)36/h10-13,17,24,26-29H,8-9,14-16,18-21H2,1-7H3,(H,35,36). The highest BCUT2D eigenvalue weighted by Crippen LogP contribution is 2.72. The lowest BCUT2D eigenvalue weighted by atomic mass is 9.36. The Bertz CT molecular complexity index is 1030. The fourth-order valence-corrected chi connectivity index (χ4v) is 10.9. The van der Waals surface area contributed by atoms with E-state index in [2.05, 4.69) is 54.5 Å². The summed E-state index contributed by atoms with van der Waals surface area (Å²) in [7, 11) is 0. The molecule has 7 unspecified atom stereocenters. The zero-order chi connectivity index (χ0) is 26.1. The normalized spacial score (nSPS) is 40.9. The van der Waals surface area contributed by atoms with Crippen LogP contribution in [0.5, 0.6) is 0 Å². The van der Waals surface area contributed by atoms with Gasteiger partial charge in [0.1, 0.15) is 0 Å². The van der Waals surface area contributed by atoms with Crippen molar-refractivity contribution in [3.63, 3.8) is 0 Å². The monoisotopic (exact) mass is 490 g/mol. The second kappa shape index (κ2) is 8.74. The second-order valence-corrected chi connectivity index (χ2v) is 14.9. The van der Waals surface area contributed by atoms with Crippen LogP contribution in [-0.4, -0.2) is 11.1 Å². The molecule has 198 valence electrons. The molecule has 0 spiro atoms. The minimum atomic E-state index is -0.847. The van der Waals surface area contributed by atoms with Gasteiger partial charge >= 0.3 is 5.97 Å². The molecule has 0 bridgehead atoms. The van der Waals surface area contributed by atoms with E-state index in [0.717, 1.165) is 23.7 Å². The average Bonchev–Trinajstić information content (AvgIpc) is 2.80. The lowest BCUT2D eigenvalue weighted by Gasteiger charge is -2.68. The lowest BCUT2D eigenvalue weighted by molar-refractivity contribution is -0.179. The van der Waals surface area contributed by atoms with Crippen molar-refractivity contribution in [2.24, 2.45) is 51.2 Å². The molecule has 2 nitrogen and oxygen atoms in total. The van der Waals surface area contributed by atoms with E-state index in [1.54, 1.807) is 12.1 Å². The van der Waals surface area contributed by atoms with Gasteiger partial charge in [-0.2, -0.15) is 0 Å². The topological polar surface area (TPSA) is 37.3 Å². The zero-order valence-electron chi connectivity index (χ0n) is 24.0. The van der Waals surface area contributed by atoms with Crippen LogP contribution in [0.1, 0.15) is 122 Å². The summed E-state index contributed by atoms with van der Waals surface area (Å²) in [6.45, 7) is 17.8. The van der Waals surface area contributed by atoms with E-state index in [4.69, 9.17) is 0 Å². The highest BCUT2D eigenvalue weighted by atomic mass is 16.4. The van der Waals surface area contributed by atoms with Gasteiger partial charge in [-0.15, -0.1) is 0 Å². The number of carboxylic acids is 1. The Morgan fingerprint density at radius 1 is 0.889 bits per heavy atom. The summed E-state index contributed by atoms with van der Waals surface area (Å²) in [6.07, 6.45) is 14.9. The summed E-state index contributed by atoms with van der Waals surface area (Å²) in [4.78, 5) is 11.4. The Labute approximate surface area is 220 Å². The van der Waals surface area contributed by atoms with Crippen molar-refractivity contribution in [2.75, 3.05) is 0 Å². The Kier molecular flexibility index (Phi) is 6.32. The number of hydrogen-bond donors (Lipinski definition) is 1. The second-order valence-electron chi connectivity index (χ2n) is 14.9. The van der Waals surface area contributed by atoms with E-state index in [9.17, 15) is 9.90 Å². The maximum atomic E-state index is 11.4. The van der Waals surface area contributed by atoms with E-state index in [-0.39, 0.29) is 5.41 Å². The molecule has 3 fully saturated rings. The molecule has 0 aromatic heterocycles. The number of carboxylic acid groups (broad SMARTS) is 1. The van der Waals surface area contributed by atoms with Gasteiger partial charge in [0, 0.05) is 0 Å². The smallest absolute Gasteiger partial charge is 0.335 e. The molecule has 3 saturated carbocycles. The maximum absolute atomic E-state index is 11.4. The van der Waals surface area contributed by atoms with Gasteiger partial charge in [-0.25, -0.2) is 4.79 Å². The van der Waals surface area contributed by atoms with Gasteiger partial charge in [-0.1, -0.05) is 73.1 Å². The van der Waals surface area contributed by atoms with Gasteiger partial charge in [-0.3, -0.25) is 0 Å². The van der Waals surface area contributed by atoms with Crippen LogP contribution in [0.4, 0.5) is 0 Å². The van der Waals surface area contributed by atoms with E-state index in [0.29, 0.717) is 27.7 Å². The fraction of sp³-hybridized carbons (Fsp3) is 0.735. The van der Waals surface area contributed by atoms with Gasteiger partial charge in [0.15, 0.2) is 0 Å². The summed E-state index contributed by atoms with van der Waals surface area (Å²) in [5.74, 6) is 3.35. The first-order valence-corrected chi connectivity index (χ1v) is 14.9. The van der Waals surface area contributed by atoms with Crippen LogP contribution in [0.25, 0.3) is 5.57 Å². The van der Waals surface area contributed by atoms with Crippen LogP contribution >= 0.6 is 0 Å². The minimum absolute atomic E-state index is 0.0925. The molecule has 4 aliphatic carbocycles. The molecule has 0 aliphatic heterocycles. The minimum Gasteiger partial charge on any atom is -0.478 e. The highest BCUT2D eigenvalue weighted by molar-refractivity contribution is 5.88. The van der Waals surface area contributed by atoms with Crippen LogP contribution in [-0.2, 0) is 0 Å². The van der Waals surface area contributed by atoms with Crippen molar-refractivity contribution in [2.45, 2.75) is 106 Å². The summed E-state index contributed by atoms with van der Waals surface area (Å²) >= 11 is 0. The molecule has 0 radical (unpaired) electrons. The van der Waals surface area contributed by atoms with Gasteiger partial charge in [-0.05, 0) is 126 Å². The molecule has 36 heavy (non-hydrogen) atoms. The number of benzene rings is 1. The molecule has 7 atom stereocenters. The Hall–Kier alpha value is -1.57. The van der Waals surface area contributed by atoms with Gasteiger partial charge < -0.3 is 5.11 Å². The van der Waals surface area contributed by atoms with E-state index < -0.39 is 5.97 Å². The Balaban J connectivity index is 1.47. The van der Waals surface area contributed by atoms with Gasteiger partial charge in [0.2, 0.25) is 0 Å². The van der Waals surface area contributed by atoms with Crippen LogP contribution in [0, 0.1) is 51.2 Å². The molecule has 0 saturated heterocycles. The van der Waals surface area contributed by atoms with Gasteiger partial charge in [0.25, 0.3) is 0 Å². The summed E-state index contributed by atoms with van der Waals surface area (Å²) < 4.78 is 0. The molecule has 1 aromatic carbocycles. The molecule has 0 heterocycles. The molecule has 5 rings (SSSR count). The third-order valence-corrected chi connectivity index (χ3v) is 12.5. The number of fused-ring (bicyclic) bond motifs is 5. The molecular formula is C34H50O2. The first-order valence-electron chi connectivity index (χ1n) is 14.9. The van der Waals surface area contributed by atoms with Crippen LogP contribution in [0.3, 0.4) is 0 Å². The summed E-state index contributed by atoms with van der Waals surface area (Å²) in [5, 5.41) is 9.35. The van der Waals surface area contributed by atoms with Crippen molar-refractivity contribution >= 4 is 11.5 Å². The molecule has 2 heteroatoms. The van der Waals surface area contributed by atoms with Crippen LogP contribution < -0.4 is 0 Å². The molecule has 1 N–H and O–H groups in total. The fourth-order valence-electron chi connectivity index (χ4n) is 10.9. The maximum Gasteiger partial charge on any atom is 0.335 e. The van der Waals surface area contributed by atoms with Crippen LogP contribution in [0.2, 0.25) is 0 Å². The molecule has 4 aliphatic rings. The van der Waals surface area contributed by atoms with Crippen LogP contribution in [0.15, 0.2) is 30.3 Å². The van der Waals surface area contributed by atoms with E-state index in [1.165, 1.54) is 68.9 Å². The third kappa shape index (κ3) is 3.75. The van der Waals surface area contributed by atoms with E-state index >= 15 is 0 Å². The van der Waals surface area contributed by atoms with Crippen molar-refractivity contribution in [1.82, 2.24) is 0 Å². The predicted octanol–water partition coefficient (Wildman–Crippen LogP) is 9.50. The third-order valence-electron chi connectivity index (χ3n) is 12.5. The van der Waals surface area contributed by atoms with Crippen molar-refractivity contribution < 1.29 is 9.90 Å². The lowest BCUT2D eigenvalue weighted by Crippen LogP contribution is -2.61. The number of hydrogen-bond acceptors (Lipinski definition) is 1. The number of aromatic carboxylic acids is 1.